The fraction of sp³-hybridized carbons (Fsp3) is 0.500. The van der Waals surface area contributed by atoms with E-state index in [0.717, 1.165) is 12.8 Å². The molecule has 18 heavy (non-hydrogen) atoms. The van der Waals surface area contributed by atoms with Crippen molar-refractivity contribution in [2.45, 2.75) is 19.2 Å². The number of thiol groups is 1. The van der Waals surface area contributed by atoms with Crippen LogP contribution in [0.4, 0.5) is 13.2 Å². The SMILES string of the molecule is FC(F)(F)Oc1ccccc1OCC1(CS)CC1. The van der Waals surface area contributed by atoms with Gasteiger partial charge in [0.25, 0.3) is 0 Å². The van der Waals surface area contributed by atoms with Crippen molar-refractivity contribution in [1.29, 1.82) is 0 Å². The van der Waals surface area contributed by atoms with Crippen molar-refractivity contribution < 1.29 is 22.6 Å². The van der Waals surface area contributed by atoms with E-state index in [2.05, 4.69) is 17.4 Å². The van der Waals surface area contributed by atoms with Gasteiger partial charge in [-0.1, -0.05) is 12.1 Å². The first kappa shape index (κ1) is 13.4. The Morgan fingerprint density at radius 2 is 1.78 bits per heavy atom. The summed E-state index contributed by atoms with van der Waals surface area (Å²) in [5.74, 6) is 0.484. The average molecular weight is 278 g/mol. The van der Waals surface area contributed by atoms with E-state index in [-0.39, 0.29) is 16.9 Å². The van der Waals surface area contributed by atoms with Crippen molar-refractivity contribution in [2.24, 2.45) is 5.41 Å². The van der Waals surface area contributed by atoms with Gasteiger partial charge in [-0.25, -0.2) is 0 Å². The Bertz CT molecular complexity index is 416. The van der Waals surface area contributed by atoms with Crippen molar-refractivity contribution in [2.75, 3.05) is 12.4 Å². The van der Waals surface area contributed by atoms with E-state index in [0.29, 0.717) is 12.4 Å². The Labute approximate surface area is 108 Å². The lowest BCUT2D eigenvalue weighted by Crippen LogP contribution is -2.19. The smallest absolute Gasteiger partial charge is 0.489 e. The van der Waals surface area contributed by atoms with Crippen LogP contribution in [0.25, 0.3) is 0 Å². The van der Waals surface area contributed by atoms with Crippen LogP contribution in [0.15, 0.2) is 24.3 Å². The molecule has 0 aliphatic heterocycles. The zero-order chi connectivity index (χ0) is 13.2. The number of hydrogen-bond acceptors (Lipinski definition) is 3. The highest BCUT2D eigenvalue weighted by Gasteiger charge is 2.42. The largest absolute Gasteiger partial charge is 0.573 e. The molecule has 6 heteroatoms. The Hall–Kier alpha value is -1.04. The van der Waals surface area contributed by atoms with Gasteiger partial charge in [0.2, 0.25) is 0 Å². The lowest BCUT2D eigenvalue weighted by atomic mass is 10.2. The second-order valence-corrected chi connectivity index (χ2v) is 4.76. The number of alkyl halides is 3. The highest BCUT2D eigenvalue weighted by atomic mass is 32.1. The summed E-state index contributed by atoms with van der Waals surface area (Å²) in [6.45, 7) is 0.370. The van der Waals surface area contributed by atoms with E-state index in [4.69, 9.17) is 4.74 Å². The second-order valence-electron chi connectivity index (χ2n) is 4.44. The van der Waals surface area contributed by atoms with E-state index >= 15 is 0 Å². The van der Waals surface area contributed by atoms with Gasteiger partial charge in [-0.05, 0) is 30.7 Å². The maximum atomic E-state index is 12.2. The maximum Gasteiger partial charge on any atom is 0.573 e. The molecule has 0 radical (unpaired) electrons. The van der Waals surface area contributed by atoms with Crippen LogP contribution in [-0.4, -0.2) is 18.7 Å². The minimum atomic E-state index is -4.71. The lowest BCUT2D eigenvalue weighted by molar-refractivity contribution is -0.275. The Balaban J connectivity index is 2.03. The summed E-state index contributed by atoms with van der Waals surface area (Å²) >= 11 is 4.21. The van der Waals surface area contributed by atoms with Crippen molar-refractivity contribution >= 4 is 12.6 Å². The highest BCUT2D eigenvalue weighted by molar-refractivity contribution is 7.80. The first-order chi connectivity index (χ1) is 8.44. The Kier molecular flexibility index (Phi) is 3.66. The molecule has 0 spiro atoms. The first-order valence-electron chi connectivity index (χ1n) is 5.53. The van der Waals surface area contributed by atoms with Gasteiger partial charge >= 0.3 is 6.36 Å². The van der Waals surface area contributed by atoms with Crippen molar-refractivity contribution in [3.8, 4) is 11.5 Å². The molecule has 0 atom stereocenters. The molecule has 0 unspecified atom stereocenters. The van der Waals surface area contributed by atoms with Crippen LogP contribution < -0.4 is 9.47 Å². The topological polar surface area (TPSA) is 18.5 Å². The summed E-state index contributed by atoms with van der Waals surface area (Å²) in [6.07, 6.45) is -2.71. The van der Waals surface area contributed by atoms with Gasteiger partial charge in [0, 0.05) is 5.41 Å². The van der Waals surface area contributed by atoms with Crippen molar-refractivity contribution in [3.05, 3.63) is 24.3 Å². The summed E-state index contributed by atoms with van der Waals surface area (Å²) in [5, 5.41) is 0. The number of rotatable bonds is 5. The van der Waals surface area contributed by atoms with E-state index in [9.17, 15) is 13.2 Å². The molecule has 1 aromatic rings. The van der Waals surface area contributed by atoms with Crippen molar-refractivity contribution in [1.82, 2.24) is 0 Å². The summed E-state index contributed by atoms with van der Waals surface area (Å²) < 4.78 is 45.9. The zero-order valence-corrected chi connectivity index (χ0v) is 10.4. The molecule has 2 rings (SSSR count). The van der Waals surface area contributed by atoms with Gasteiger partial charge in [-0.15, -0.1) is 13.2 Å². The number of para-hydroxylation sites is 2. The third-order valence-corrected chi connectivity index (χ3v) is 3.57. The molecule has 0 aromatic heterocycles. The summed E-state index contributed by atoms with van der Waals surface area (Å²) in [4.78, 5) is 0. The standard InChI is InChI=1S/C12H13F3O2S/c13-12(14,15)17-10-4-2-1-3-9(10)16-7-11(8-18)5-6-11/h1-4,18H,5-8H2. The average Bonchev–Trinajstić information content (AvgIpc) is 3.07. The molecular weight excluding hydrogens is 265 g/mol. The molecule has 0 bridgehead atoms. The summed E-state index contributed by atoms with van der Waals surface area (Å²) in [7, 11) is 0. The molecule has 1 aromatic carbocycles. The highest BCUT2D eigenvalue weighted by Crippen LogP contribution is 2.47. The van der Waals surface area contributed by atoms with Crippen LogP contribution in [0, 0.1) is 5.41 Å². The Morgan fingerprint density at radius 3 is 2.28 bits per heavy atom. The lowest BCUT2D eigenvalue weighted by Gasteiger charge is -2.17. The molecule has 1 saturated carbocycles. The van der Waals surface area contributed by atoms with E-state index in [1.54, 1.807) is 6.07 Å². The number of halogens is 3. The second kappa shape index (κ2) is 4.91. The van der Waals surface area contributed by atoms with Crippen molar-refractivity contribution in [3.63, 3.8) is 0 Å². The minimum Gasteiger partial charge on any atom is -0.489 e. The van der Waals surface area contributed by atoms with Gasteiger partial charge in [0.1, 0.15) is 0 Å². The molecule has 1 aliphatic rings. The first-order valence-corrected chi connectivity index (χ1v) is 6.16. The van der Waals surface area contributed by atoms with Crippen LogP contribution in [0.1, 0.15) is 12.8 Å². The van der Waals surface area contributed by atoms with Gasteiger partial charge < -0.3 is 9.47 Å². The third-order valence-electron chi connectivity index (χ3n) is 2.90. The molecular formula is C12H13F3O2S. The van der Waals surface area contributed by atoms with E-state index in [1.165, 1.54) is 18.2 Å². The van der Waals surface area contributed by atoms with E-state index in [1.807, 2.05) is 0 Å². The molecule has 0 N–H and O–H groups in total. The van der Waals surface area contributed by atoms with E-state index < -0.39 is 6.36 Å². The summed E-state index contributed by atoms with van der Waals surface area (Å²) in [5.41, 5.74) is 0.0223. The Morgan fingerprint density at radius 1 is 1.17 bits per heavy atom. The fourth-order valence-electron chi connectivity index (χ4n) is 1.53. The molecule has 0 amide bonds. The fourth-order valence-corrected chi connectivity index (χ4v) is 1.94. The molecule has 2 nitrogen and oxygen atoms in total. The monoisotopic (exact) mass is 278 g/mol. The molecule has 100 valence electrons. The normalized spacial score (nSPS) is 17.3. The third kappa shape index (κ3) is 3.48. The van der Waals surface area contributed by atoms with Gasteiger partial charge in [-0.3, -0.25) is 0 Å². The molecule has 1 fully saturated rings. The predicted molar refractivity (Wildman–Crippen MR) is 64.1 cm³/mol. The van der Waals surface area contributed by atoms with Crippen LogP contribution >= 0.6 is 12.6 Å². The minimum absolute atomic E-state index is 0.0223. The van der Waals surface area contributed by atoms with Crippen LogP contribution in [0.3, 0.4) is 0 Å². The molecule has 0 heterocycles. The van der Waals surface area contributed by atoms with Gasteiger partial charge in [0.05, 0.1) is 6.61 Å². The number of hydrogen-bond donors (Lipinski definition) is 1. The quantitative estimate of drug-likeness (QED) is 0.828. The van der Waals surface area contributed by atoms with Gasteiger partial charge in [0.15, 0.2) is 11.5 Å². The van der Waals surface area contributed by atoms with Crippen LogP contribution in [0.2, 0.25) is 0 Å². The molecule has 1 aliphatic carbocycles. The van der Waals surface area contributed by atoms with Gasteiger partial charge in [-0.2, -0.15) is 12.6 Å². The maximum absolute atomic E-state index is 12.2. The van der Waals surface area contributed by atoms with Crippen LogP contribution in [0.5, 0.6) is 11.5 Å². The number of benzene rings is 1. The summed E-state index contributed by atoms with van der Waals surface area (Å²) in [6, 6.07) is 5.79. The zero-order valence-electron chi connectivity index (χ0n) is 9.54. The molecule has 0 saturated heterocycles. The predicted octanol–water partition coefficient (Wildman–Crippen LogP) is 3.67. The van der Waals surface area contributed by atoms with Crippen LogP contribution in [-0.2, 0) is 0 Å². The number of ether oxygens (including phenoxy) is 2.